The number of anilines is 3. The Kier molecular flexibility index (Phi) is 6.88. The SMILES string of the molecule is Bc1ccc2cc(N(c3cccc(-c4ccccc4)c3)c3ccc(-c4ccccc4)c(-c4ccccc4)c3)ccc2c1. The molecule has 2 heteroatoms. The van der Waals surface area contributed by atoms with E-state index in [0.29, 0.717) is 0 Å². The zero-order valence-corrected chi connectivity index (χ0v) is 23.6. The van der Waals surface area contributed by atoms with Gasteiger partial charge in [0.15, 0.2) is 0 Å². The van der Waals surface area contributed by atoms with Crippen molar-refractivity contribution in [3.8, 4) is 33.4 Å². The van der Waals surface area contributed by atoms with Crippen molar-refractivity contribution in [3.63, 3.8) is 0 Å². The van der Waals surface area contributed by atoms with E-state index in [1.165, 1.54) is 49.6 Å². The normalized spacial score (nSPS) is 11.0. The third kappa shape index (κ3) is 5.11. The van der Waals surface area contributed by atoms with Crippen LogP contribution in [-0.2, 0) is 0 Å². The van der Waals surface area contributed by atoms with Crippen LogP contribution in [0.1, 0.15) is 0 Å². The fraction of sp³-hybridized carbons (Fsp3) is 0. The third-order valence-corrected chi connectivity index (χ3v) is 7.88. The molecule has 0 saturated carbocycles. The van der Waals surface area contributed by atoms with E-state index in [4.69, 9.17) is 0 Å². The van der Waals surface area contributed by atoms with Gasteiger partial charge in [-0.05, 0) is 80.6 Å². The summed E-state index contributed by atoms with van der Waals surface area (Å²) in [4.78, 5) is 2.38. The maximum Gasteiger partial charge on any atom is 0.139 e. The lowest BCUT2D eigenvalue weighted by Crippen LogP contribution is -2.10. The number of nitrogens with zero attached hydrogens (tertiary/aromatic N) is 1. The summed E-state index contributed by atoms with van der Waals surface area (Å²) in [7, 11) is 2.15. The Hall–Kier alpha value is -5.34. The lowest BCUT2D eigenvalue weighted by atomic mass is 9.93. The minimum Gasteiger partial charge on any atom is -0.310 e. The molecular formula is C40H30BN. The molecule has 7 aromatic rings. The van der Waals surface area contributed by atoms with Crippen LogP contribution in [0.2, 0.25) is 0 Å². The van der Waals surface area contributed by atoms with Crippen LogP contribution in [0.4, 0.5) is 17.1 Å². The largest absolute Gasteiger partial charge is 0.310 e. The predicted molar refractivity (Wildman–Crippen MR) is 183 cm³/mol. The van der Waals surface area contributed by atoms with Gasteiger partial charge in [0.1, 0.15) is 7.85 Å². The molecule has 7 aromatic carbocycles. The van der Waals surface area contributed by atoms with Crippen molar-refractivity contribution in [1.82, 2.24) is 0 Å². The molecule has 0 aromatic heterocycles. The van der Waals surface area contributed by atoms with Crippen LogP contribution < -0.4 is 10.4 Å². The summed E-state index contributed by atoms with van der Waals surface area (Å²) < 4.78 is 0. The molecule has 0 fully saturated rings. The first-order chi connectivity index (χ1) is 20.7. The monoisotopic (exact) mass is 535 g/mol. The Balaban J connectivity index is 1.44. The van der Waals surface area contributed by atoms with Crippen molar-refractivity contribution >= 4 is 41.1 Å². The Morgan fingerprint density at radius 2 is 0.857 bits per heavy atom. The van der Waals surface area contributed by atoms with E-state index in [0.717, 1.165) is 17.1 Å². The minimum atomic E-state index is 1.12. The number of hydrogen-bond acceptors (Lipinski definition) is 1. The predicted octanol–water partition coefficient (Wildman–Crippen LogP) is 9.57. The second kappa shape index (κ2) is 11.3. The molecule has 0 spiro atoms. The van der Waals surface area contributed by atoms with Gasteiger partial charge in [-0.25, -0.2) is 0 Å². The highest BCUT2D eigenvalue weighted by Gasteiger charge is 2.17. The quantitative estimate of drug-likeness (QED) is 0.192. The summed E-state index contributed by atoms with van der Waals surface area (Å²) in [6, 6.07) is 61.1. The van der Waals surface area contributed by atoms with E-state index >= 15 is 0 Å². The first kappa shape index (κ1) is 25.6. The van der Waals surface area contributed by atoms with Crippen LogP contribution >= 0.6 is 0 Å². The fourth-order valence-electron chi connectivity index (χ4n) is 5.79. The van der Waals surface area contributed by atoms with Gasteiger partial charge in [0, 0.05) is 17.1 Å². The van der Waals surface area contributed by atoms with Crippen molar-refractivity contribution in [2.45, 2.75) is 0 Å². The van der Waals surface area contributed by atoms with Gasteiger partial charge in [-0.1, -0.05) is 139 Å². The molecule has 0 saturated heterocycles. The Morgan fingerprint density at radius 3 is 1.57 bits per heavy atom. The van der Waals surface area contributed by atoms with Crippen molar-refractivity contribution in [1.29, 1.82) is 0 Å². The number of fused-ring (bicyclic) bond motifs is 1. The van der Waals surface area contributed by atoms with Crippen LogP contribution in [0.25, 0.3) is 44.2 Å². The second-order valence-corrected chi connectivity index (χ2v) is 10.7. The molecule has 0 aliphatic carbocycles. The average molecular weight is 535 g/mol. The average Bonchev–Trinajstić information content (AvgIpc) is 3.06. The van der Waals surface area contributed by atoms with Crippen LogP contribution in [0.15, 0.2) is 170 Å². The highest BCUT2D eigenvalue weighted by molar-refractivity contribution is 6.33. The zero-order valence-electron chi connectivity index (χ0n) is 23.6. The Bertz CT molecular complexity index is 1980. The zero-order chi connectivity index (χ0) is 28.3. The molecule has 0 unspecified atom stereocenters. The summed E-state index contributed by atoms with van der Waals surface area (Å²) in [5, 5.41) is 2.48. The van der Waals surface area contributed by atoms with Gasteiger partial charge in [0.2, 0.25) is 0 Å². The molecule has 198 valence electrons. The third-order valence-electron chi connectivity index (χ3n) is 7.88. The number of rotatable bonds is 6. The van der Waals surface area contributed by atoms with E-state index in [-0.39, 0.29) is 0 Å². The standard InChI is InChI=1S/C40H30BN/c41-35-21-19-34-27-37(22-20-33(34)25-35)42(36-18-10-17-32(26-36)29-11-4-1-5-12-29)38-23-24-39(30-13-6-2-7-14-30)40(28-38)31-15-8-3-9-16-31/h1-28H,41H2. The maximum atomic E-state index is 2.38. The van der Waals surface area contributed by atoms with Crippen molar-refractivity contribution < 1.29 is 0 Å². The highest BCUT2D eigenvalue weighted by atomic mass is 15.1. The minimum absolute atomic E-state index is 1.12. The summed E-state index contributed by atoms with van der Waals surface area (Å²) >= 11 is 0. The smallest absolute Gasteiger partial charge is 0.139 e. The van der Waals surface area contributed by atoms with E-state index in [2.05, 4.69) is 183 Å². The molecular weight excluding hydrogens is 505 g/mol. The van der Waals surface area contributed by atoms with Crippen LogP contribution in [0.3, 0.4) is 0 Å². The van der Waals surface area contributed by atoms with Crippen molar-refractivity contribution in [3.05, 3.63) is 170 Å². The van der Waals surface area contributed by atoms with Crippen LogP contribution in [0, 0.1) is 0 Å². The lowest BCUT2D eigenvalue weighted by Gasteiger charge is -2.27. The highest BCUT2D eigenvalue weighted by Crippen LogP contribution is 2.42. The summed E-state index contributed by atoms with van der Waals surface area (Å²) in [5.41, 5.74) is 11.9. The maximum absolute atomic E-state index is 2.38. The second-order valence-electron chi connectivity index (χ2n) is 10.7. The summed E-state index contributed by atoms with van der Waals surface area (Å²) in [6.07, 6.45) is 0. The lowest BCUT2D eigenvalue weighted by molar-refractivity contribution is 1.29. The Labute approximate surface area is 248 Å². The molecule has 0 radical (unpaired) electrons. The fourth-order valence-corrected chi connectivity index (χ4v) is 5.79. The van der Waals surface area contributed by atoms with E-state index in [9.17, 15) is 0 Å². The summed E-state index contributed by atoms with van der Waals surface area (Å²) in [6.45, 7) is 0. The van der Waals surface area contributed by atoms with E-state index in [1.54, 1.807) is 0 Å². The molecule has 7 rings (SSSR count). The van der Waals surface area contributed by atoms with E-state index < -0.39 is 0 Å². The topological polar surface area (TPSA) is 3.24 Å². The molecule has 0 bridgehead atoms. The molecule has 0 atom stereocenters. The molecule has 0 heterocycles. The van der Waals surface area contributed by atoms with Crippen LogP contribution in [-0.4, -0.2) is 7.85 Å². The van der Waals surface area contributed by atoms with Gasteiger partial charge in [-0.3, -0.25) is 0 Å². The number of benzene rings is 7. The Morgan fingerprint density at radius 1 is 0.333 bits per heavy atom. The molecule has 1 nitrogen and oxygen atoms in total. The molecule has 0 amide bonds. The summed E-state index contributed by atoms with van der Waals surface area (Å²) in [5.74, 6) is 0. The first-order valence-electron chi connectivity index (χ1n) is 14.4. The first-order valence-corrected chi connectivity index (χ1v) is 14.4. The van der Waals surface area contributed by atoms with E-state index in [1.807, 2.05) is 0 Å². The van der Waals surface area contributed by atoms with Gasteiger partial charge >= 0.3 is 0 Å². The number of hydrogen-bond donors (Lipinski definition) is 0. The molecule has 0 N–H and O–H groups in total. The van der Waals surface area contributed by atoms with Gasteiger partial charge in [0.25, 0.3) is 0 Å². The molecule has 0 aliphatic heterocycles. The van der Waals surface area contributed by atoms with Crippen molar-refractivity contribution in [2.75, 3.05) is 4.90 Å². The van der Waals surface area contributed by atoms with Gasteiger partial charge in [-0.15, -0.1) is 0 Å². The van der Waals surface area contributed by atoms with Crippen LogP contribution in [0.5, 0.6) is 0 Å². The molecule has 42 heavy (non-hydrogen) atoms. The van der Waals surface area contributed by atoms with Gasteiger partial charge in [-0.2, -0.15) is 0 Å². The van der Waals surface area contributed by atoms with Gasteiger partial charge < -0.3 is 4.90 Å². The molecule has 0 aliphatic rings. The van der Waals surface area contributed by atoms with Crippen molar-refractivity contribution in [2.24, 2.45) is 0 Å². The van der Waals surface area contributed by atoms with Gasteiger partial charge in [0.05, 0.1) is 0 Å².